The first-order chi connectivity index (χ1) is 12.1. The van der Waals surface area contributed by atoms with Crippen molar-refractivity contribution in [1.29, 1.82) is 0 Å². The maximum Gasteiger partial charge on any atom is 0.244 e. The third-order valence-corrected chi connectivity index (χ3v) is 5.32. The van der Waals surface area contributed by atoms with Gasteiger partial charge in [0.15, 0.2) is 0 Å². The molecule has 0 aromatic heterocycles. The Kier molecular flexibility index (Phi) is 6.04. The van der Waals surface area contributed by atoms with Gasteiger partial charge < -0.3 is 15.1 Å². The number of rotatable bonds is 4. The maximum absolute atomic E-state index is 13.4. The van der Waals surface area contributed by atoms with E-state index < -0.39 is 0 Å². The van der Waals surface area contributed by atoms with E-state index in [1.165, 1.54) is 12.1 Å². The average Bonchev–Trinajstić information content (AvgIpc) is 2.63. The molecule has 2 heterocycles. The first-order valence-electron chi connectivity index (χ1n) is 9.32. The molecule has 1 aromatic carbocycles. The lowest BCUT2D eigenvalue weighted by Crippen LogP contribution is -2.56. The second kappa shape index (κ2) is 8.25. The number of carbonyl (C=O) groups excluding carboxylic acids is 1. The number of nitrogens with one attached hydrogen (secondary N) is 1. The Bertz CT molecular complexity index is 571. The lowest BCUT2D eigenvalue weighted by atomic mass is 10.0. The van der Waals surface area contributed by atoms with E-state index in [4.69, 9.17) is 0 Å². The van der Waals surface area contributed by atoms with Gasteiger partial charge in [-0.2, -0.15) is 0 Å². The normalized spacial score (nSPS) is 24.3. The molecule has 0 bridgehead atoms. The van der Waals surface area contributed by atoms with Gasteiger partial charge in [0.2, 0.25) is 5.91 Å². The summed E-state index contributed by atoms with van der Waals surface area (Å²) in [5.74, 6) is -0.114. The fraction of sp³-hybridized carbons (Fsp3) is 0.632. The molecular formula is C19H29FN4O. The Morgan fingerprint density at radius 2 is 1.88 bits per heavy atom. The number of likely N-dealkylation sites (N-methyl/N-ethyl adjacent to an activating group) is 1. The zero-order valence-electron chi connectivity index (χ0n) is 15.2. The molecule has 2 aliphatic heterocycles. The zero-order chi connectivity index (χ0) is 17.8. The van der Waals surface area contributed by atoms with Gasteiger partial charge in [0, 0.05) is 51.9 Å². The molecule has 2 aliphatic rings. The van der Waals surface area contributed by atoms with Crippen LogP contribution in [0.15, 0.2) is 24.3 Å². The molecule has 0 aliphatic carbocycles. The predicted octanol–water partition coefficient (Wildman–Crippen LogP) is 1.32. The van der Waals surface area contributed by atoms with Gasteiger partial charge in [-0.1, -0.05) is 19.1 Å². The van der Waals surface area contributed by atoms with Crippen molar-refractivity contribution >= 4 is 5.91 Å². The number of piperazine rings is 2. The van der Waals surface area contributed by atoms with E-state index in [-0.39, 0.29) is 17.8 Å². The molecule has 2 unspecified atom stereocenters. The van der Waals surface area contributed by atoms with E-state index in [0.717, 1.165) is 57.9 Å². The van der Waals surface area contributed by atoms with E-state index in [0.29, 0.717) is 6.04 Å². The van der Waals surface area contributed by atoms with Gasteiger partial charge in [-0.15, -0.1) is 0 Å². The molecule has 3 rings (SSSR count). The smallest absolute Gasteiger partial charge is 0.244 e. The van der Waals surface area contributed by atoms with Gasteiger partial charge in [0.1, 0.15) is 11.9 Å². The van der Waals surface area contributed by atoms with Crippen molar-refractivity contribution in [2.24, 2.45) is 0 Å². The van der Waals surface area contributed by atoms with Crippen LogP contribution in [-0.4, -0.2) is 79.0 Å². The number of hydrogen-bond donors (Lipinski definition) is 1. The second-order valence-corrected chi connectivity index (χ2v) is 7.06. The van der Waals surface area contributed by atoms with Crippen LogP contribution in [0.4, 0.5) is 4.39 Å². The first-order valence-corrected chi connectivity index (χ1v) is 9.32. The zero-order valence-corrected chi connectivity index (χ0v) is 15.2. The molecule has 1 aromatic rings. The van der Waals surface area contributed by atoms with Crippen molar-refractivity contribution < 1.29 is 9.18 Å². The van der Waals surface area contributed by atoms with E-state index >= 15 is 0 Å². The fourth-order valence-electron chi connectivity index (χ4n) is 3.81. The molecular weight excluding hydrogens is 319 g/mol. The van der Waals surface area contributed by atoms with Crippen LogP contribution in [0.5, 0.6) is 0 Å². The highest BCUT2D eigenvalue weighted by molar-refractivity contribution is 5.83. The minimum Gasteiger partial charge on any atom is -0.338 e. The SMILES string of the molecule is CCN1CCN(C(=O)C(c2ccc(F)cc2)N2CCNC(C)C2)CC1. The summed E-state index contributed by atoms with van der Waals surface area (Å²) in [5.41, 5.74) is 0.887. The van der Waals surface area contributed by atoms with E-state index in [1.807, 2.05) is 4.90 Å². The molecule has 0 saturated carbocycles. The van der Waals surface area contributed by atoms with Crippen LogP contribution < -0.4 is 5.32 Å². The summed E-state index contributed by atoms with van der Waals surface area (Å²) in [5, 5.41) is 3.43. The Hall–Kier alpha value is -1.50. The van der Waals surface area contributed by atoms with Crippen molar-refractivity contribution in [3.05, 3.63) is 35.6 Å². The van der Waals surface area contributed by atoms with Crippen molar-refractivity contribution in [3.8, 4) is 0 Å². The van der Waals surface area contributed by atoms with Crippen molar-refractivity contribution in [2.45, 2.75) is 25.9 Å². The summed E-state index contributed by atoms with van der Waals surface area (Å²) in [6.07, 6.45) is 0. The molecule has 2 fully saturated rings. The second-order valence-electron chi connectivity index (χ2n) is 7.06. The molecule has 25 heavy (non-hydrogen) atoms. The number of benzene rings is 1. The number of nitrogens with zero attached hydrogens (tertiary/aromatic N) is 3. The first kappa shape index (κ1) is 18.3. The quantitative estimate of drug-likeness (QED) is 0.891. The predicted molar refractivity (Wildman–Crippen MR) is 96.9 cm³/mol. The van der Waals surface area contributed by atoms with Crippen molar-refractivity contribution in [2.75, 3.05) is 52.4 Å². The summed E-state index contributed by atoms with van der Waals surface area (Å²) in [6.45, 7) is 11.2. The lowest BCUT2D eigenvalue weighted by molar-refractivity contribution is -0.139. The van der Waals surface area contributed by atoms with Gasteiger partial charge in [0.25, 0.3) is 0 Å². The number of carbonyl (C=O) groups is 1. The summed E-state index contributed by atoms with van der Waals surface area (Å²) in [4.78, 5) is 19.9. The molecule has 2 saturated heterocycles. The minimum atomic E-state index is -0.321. The van der Waals surface area contributed by atoms with Gasteiger partial charge in [-0.3, -0.25) is 9.69 Å². The standard InChI is InChI=1S/C19H29FN4O/c1-3-22-10-12-23(13-11-22)19(25)18(16-4-6-17(20)7-5-16)24-9-8-21-15(2)14-24/h4-7,15,18,21H,3,8-14H2,1-2H3. The highest BCUT2D eigenvalue weighted by atomic mass is 19.1. The van der Waals surface area contributed by atoms with Gasteiger partial charge in [-0.25, -0.2) is 4.39 Å². The molecule has 6 heteroatoms. The van der Waals surface area contributed by atoms with Crippen LogP contribution in [0.3, 0.4) is 0 Å². The summed E-state index contributed by atoms with van der Waals surface area (Å²) < 4.78 is 13.4. The molecule has 5 nitrogen and oxygen atoms in total. The van der Waals surface area contributed by atoms with Gasteiger partial charge in [0.05, 0.1) is 0 Å². The van der Waals surface area contributed by atoms with E-state index in [2.05, 4.69) is 29.0 Å². The van der Waals surface area contributed by atoms with Gasteiger partial charge in [-0.05, 0) is 31.2 Å². The Morgan fingerprint density at radius 3 is 2.48 bits per heavy atom. The monoisotopic (exact) mass is 348 g/mol. The minimum absolute atomic E-state index is 0.150. The molecule has 1 amide bonds. The molecule has 138 valence electrons. The number of hydrogen-bond acceptors (Lipinski definition) is 4. The Morgan fingerprint density at radius 1 is 1.20 bits per heavy atom. The van der Waals surface area contributed by atoms with Crippen LogP contribution in [0, 0.1) is 5.82 Å². The van der Waals surface area contributed by atoms with Crippen LogP contribution >= 0.6 is 0 Å². The lowest BCUT2D eigenvalue weighted by Gasteiger charge is -2.41. The van der Waals surface area contributed by atoms with Crippen molar-refractivity contribution in [1.82, 2.24) is 20.0 Å². The van der Waals surface area contributed by atoms with Gasteiger partial charge >= 0.3 is 0 Å². The number of amides is 1. The van der Waals surface area contributed by atoms with E-state index in [9.17, 15) is 9.18 Å². The van der Waals surface area contributed by atoms with Crippen LogP contribution in [0.1, 0.15) is 25.5 Å². The van der Waals surface area contributed by atoms with Crippen LogP contribution in [0.25, 0.3) is 0 Å². The summed E-state index contributed by atoms with van der Waals surface area (Å²) in [6, 6.07) is 6.45. The van der Waals surface area contributed by atoms with Crippen molar-refractivity contribution in [3.63, 3.8) is 0 Å². The Labute approximate surface area is 149 Å². The highest BCUT2D eigenvalue weighted by Crippen LogP contribution is 2.25. The molecule has 0 radical (unpaired) electrons. The number of halogens is 1. The molecule has 0 spiro atoms. The molecule has 2 atom stereocenters. The maximum atomic E-state index is 13.4. The fourth-order valence-corrected chi connectivity index (χ4v) is 3.81. The largest absolute Gasteiger partial charge is 0.338 e. The van der Waals surface area contributed by atoms with E-state index in [1.54, 1.807) is 12.1 Å². The summed E-state index contributed by atoms with van der Waals surface area (Å²) >= 11 is 0. The van der Waals surface area contributed by atoms with Crippen LogP contribution in [-0.2, 0) is 4.79 Å². The average molecular weight is 348 g/mol. The highest BCUT2D eigenvalue weighted by Gasteiger charge is 2.34. The topological polar surface area (TPSA) is 38.8 Å². The Balaban J connectivity index is 1.80. The molecule has 1 N–H and O–H groups in total. The third kappa shape index (κ3) is 4.37. The third-order valence-electron chi connectivity index (χ3n) is 5.32. The van der Waals surface area contributed by atoms with Crippen LogP contribution in [0.2, 0.25) is 0 Å². The summed E-state index contributed by atoms with van der Waals surface area (Å²) in [7, 11) is 0.